The number of aromatic nitrogens is 4. The van der Waals surface area contributed by atoms with Crippen molar-refractivity contribution in [2.75, 3.05) is 11.9 Å². The molecule has 0 radical (unpaired) electrons. The van der Waals surface area contributed by atoms with Gasteiger partial charge in [-0.15, -0.1) is 0 Å². The molecule has 1 N–H and O–H groups in total. The number of alkyl halides is 3. The Morgan fingerprint density at radius 1 is 0.964 bits per heavy atom. The topological polar surface area (TPSA) is 55.1 Å². The third kappa shape index (κ3) is 3.66. The van der Waals surface area contributed by atoms with Crippen LogP contribution >= 0.6 is 0 Å². The molecular weight excluding hydrogens is 367 g/mol. The number of hydrogen-bond donors (Lipinski definition) is 1. The van der Waals surface area contributed by atoms with Crippen LogP contribution in [0.5, 0.6) is 0 Å². The van der Waals surface area contributed by atoms with Crippen LogP contribution in [0.3, 0.4) is 0 Å². The summed E-state index contributed by atoms with van der Waals surface area (Å²) in [5, 5.41) is 7.58. The normalized spacial score (nSPS) is 11.7. The summed E-state index contributed by atoms with van der Waals surface area (Å²) in [6.45, 7) is 0.634. The SMILES string of the molecule is FC(F)(F)c1cccc(-c2cnn3c(NCCc4ccccn4)ccnc23)c1. The van der Waals surface area contributed by atoms with E-state index in [2.05, 4.69) is 20.4 Å². The number of rotatable bonds is 5. The average Bonchev–Trinajstić information content (AvgIpc) is 3.13. The predicted molar refractivity (Wildman–Crippen MR) is 99.9 cm³/mol. The molecule has 0 aliphatic carbocycles. The standard InChI is InChI=1S/C20H16F3N5/c21-20(22,23)15-5-3-4-14(12-15)17-13-27-28-18(8-11-26-19(17)28)25-10-7-16-6-1-2-9-24-16/h1-6,8-9,11-13,25H,7,10H2. The number of nitrogens with zero attached hydrogens (tertiary/aromatic N) is 4. The Morgan fingerprint density at radius 2 is 1.86 bits per heavy atom. The summed E-state index contributed by atoms with van der Waals surface area (Å²) in [4.78, 5) is 8.58. The lowest BCUT2D eigenvalue weighted by Crippen LogP contribution is -2.10. The lowest BCUT2D eigenvalue weighted by Gasteiger charge is -2.09. The Hall–Kier alpha value is -3.42. The van der Waals surface area contributed by atoms with Crippen LogP contribution in [0.1, 0.15) is 11.3 Å². The minimum atomic E-state index is -4.40. The van der Waals surface area contributed by atoms with Crippen molar-refractivity contribution in [1.29, 1.82) is 0 Å². The maximum Gasteiger partial charge on any atom is 0.416 e. The molecule has 0 aliphatic rings. The van der Waals surface area contributed by atoms with Gasteiger partial charge in [0.1, 0.15) is 5.82 Å². The molecule has 0 unspecified atom stereocenters. The molecular formula is C20H16F3N5. The van der Waals surface area contributed by atoms with Gasteiger partial charge in [0.15, 0.2) is 5.65 Å². The summed E-state index contributed by atoms with van der Waals surface area (Å²) in [6.07, 6.45) is 1.21. The Labute approximate surface area is 158 Å². The molecule has 0 bridgehead atoms. The van der Waals surface area contributed by atoms with Gasteiger partial charge in [0.25, 0.3) is 0 Å². The van der Waals surface area contributed by atoms with E-state index in [9.17, 15) is 13.2 Å². The zero-order chi connectivity index (χ0) is 19.6. The van der Waals surface area contributed by atoms with Gasteiger partial charge in [-0.1, -0.05) is 18.2 Å². The first kappa shape index (κ1) is 18.0. The zero-order valence-corrected chi connectivity index (χ0v) is 14.7. The molecule has 0 atom stereocenters. The Kier molecular flexibility index (Phi) is 4.68. The van der Waals surface area contributed by atoms with Crippen molar-refractivity contribution in [1.82, 2.24) is 19.6 Å². The number of anilines is 1. The number of fused-ring (bicyclic) bond motifs is 1. The molecule has 0 amide bonds. The molecule has 4 rings (SSSR count). The number of benzene rings is 1. The number of pyridine rings is 1. The highest BCUT2D eigenvalue weighted by Gasteiger charge is 2.30. The van der Waals surface area contributed by atoms with Crippen LogP contribution < -0.4 is 5.32 Å². The van der Waals surface area contributed by atoms with Gasteiger partial charge < -0.3 is 5.32 Å². The van der Waals surface area contributed by atoms with Crippen molar-refractivity contribution >= 4 is 11.5 Å². The smallest absolute Gasteiger partial charge is 0.370 e. The van der Waals surface area contributed by atoms with Gasteiger partial charge in [-0.25, -0.2) is 4.98 Å². The third-order valence-corrected chi connectivity index (χ3v) is 4.32. The maximum absolute atomic E-state index is 13.0. The number of nitrogens with one attached hydrogen (secondary N) is 1. The molecule has 0 saturated carbocycles. The van der Waals surface area contributed by atoms with Gasteiger partial charge in [0, 0.05) is 36.6 Å². The zero-order valence-electron chi connectivity index (χ0n) is 14.7. The van der Waals surface area contributed by atoms with E-state index in [0.29, 0.717) is 29.1 Å². The molecule has 0 spiro atoms. The molecule has 5 nitrogen and oxygen atoms in total. The fourth-order valence-corrected chi connectivity index (χ4v) is 2.96. The first-order valence-electron chi connectivity index (χ1n) is 8.66. The fraction of sp³-hybridized carbons (Fsp3) is 0.150. The van der Waals surface area contributed by atoms with Crippen LogP contribution in [0.4, 0.5) is 19.0 Å². The molecule has 28 heavy (non-hydrogen) atoms. The minimum Gasteiger partial charge on any atom is -0.370 e. The Balaban J connectivity index is 1.60. The summed E-state index contributed by atoms with van der Waals surface area (Å²) < 4.78 is 40.6. The second kappa shape index (κ2) is 7.30. The highest BCUT2D eigenvalue weighted by molar-refractivity contribution is 5.78. The van der Waals surface area contributed by atoms with Gasteiger partial charge in [0.2, 0.25) is 0 Å². The first-order chi connectivity index (χ1) is 13.5. The molecule has 8 heteroatoms. The predicted octanol–water partition coefficient (Wildman–Crippen LogP) is 4.46. The van der Waals surface area contributed by atoms with E-state index in [-0.39, 0.29) is 0 Å². The monoisotopic (exact) mass is 383 g/mol. The molecule has 3 aromatic heterocycles. The van der Waals surface area contributed by atoms with E-state index in [1.807, 2.05) is 18.2 Å². The van der Waals surface area contributed by atoms with E-state index >= 15 is 0 Å². The quantitative estimate of drug-likeness (QED) is 0.553. The maximum atomic E-state index is 13.0. The van der Waals surface area contributed by atoms with Gasteiger partial charge in [-0.05, 0) is 35.9 Å². The highest BCUT2D eigenvalue weighted by Crippen LogP contribution is 2.33. The van der Waals surface area contributed by atoms with Crippen molar-refractivity contribution in [2.45, 2.75) is 12.6 Å². The van der Waals surface area contributed by atoms with Crippen LogP contribution in [0.2, 0.25) is 0 Å². The van der Waals surface area contributed by atoms with Gasteiger partial charge >= 0.3 is 6.18 Å². The average molecular weight is 383 g/mol. The van der Waals surface area contributed by atoms with Crippen molar-refractivity contribution in [2.24, 2.45) is 0 Å². The second-order valence-electron chi connectivity index (χ2n) is 6.20. The van der Waals surface area contributed by atoms with E-state index in [1.54, 1.807) is 29.0 Å². The van der Waals surface area contributed by atoms with Crippen molar-refractivity contribution in [3.8, 4) is 11.1 Å². The van der Waals surface area contributed by atoms with Crippen molar-refractivity contribution in [3.63, 3.8) is 0 Å². The van der Waals surface area contributed by atoms with Crippen LogP contribution in [-0.2, 0) is 12.6 Å². The van der Waals surface area contributed by atoms with E-state index in [4.69, 9.17) is 0 Å². The summed E-state index contributed by atoms with van der Waals surface area (Å²) in [5.41, 5.74) is 1.71. The van der Waals surface area contributed by atoms with E-state index < -0.39 is 11.7 Å². The number of halogens is 3. The largest absolute Gasteiger partial charge is 0.416 e. The summed E-state index contributed by atoms with van der Waals surface area (Å²) in [6, 6.07) is 12.7. The molecule has 0 saturated heterocycles. The fourth-order valence-electron chi connectivity index (χ4n) is 2.96. The Bertz CT molecular complexity index is 1090. The minimum absolute atomic E-state index is 0.419. The Morgan fingerprint density at radius 3 is 2.64 bits per heavy atom. The highest BCUT2D eigenvalue weighted by atomic mass is 19.4. The third-order valence-electron chi connectivity index (χ3n) is 4.32. The van der Waals surface area contributed by atoms with Crippen LogP contribution in [-0.4, -0.2) is 26.1 Å². The lowest BCUT2D eigenvalue weighted by molar-refractivity contribution is -0.137. The summed E-state index contributed by atoms with van der Waals surface area (Å²) in [7, 11) is 0. The first-order valence-corrected chi connectivity index (χ1v) is 8.66. The van der Waals surface area contributed by atoms with Crippen molar-refractivity contribution in [3.05, 3.63) is 78.4 Å². The molecule has 0 fully saturated rings. The van der Waals surface area contributed by atoms with Gasteiger partial charge in [-0.3, -0.25) is 4.98 Å². The van der Waals surface area contributed by atoms with E-state index in [0.717, 1.165) is 24.2 Å². The summed E-state index contributed by atoms with van der Waals surface area (Å²) in [5.74, 6) is 0.708. The van der Waals surface area contributed by atoms with E-state index in [1.165, 1.54) is 12.3 Å². The van der Waals surface area contributed by atoms with Crippen LogP contribution in [0.15, 0.2) is 67.1 Å². The number of hydrogen-bond acceptors (Lipinski definition) is 4. The molecule has 3 heterocycles. The molecule has 4 aromatic rings. The van der Waals surface area contributed by atoms with Crippen LogP contribution in [0.25, 0.3) is 16.8 Å². The second-order valence-corrected chi connectivity index (χ2v) is 6.20. The molecule has 1 aromatic carbocycles. The summed E-state index contributed by atoms with van der Waals surface area (Å²) >= 11 is 0. The van der Waals surface area contributed by atoms with Gasteiger partial charge in [-0.2, -0.15) is 22.8 Å². The molecule has 0 aliphatic heterocycles. The van der Waals surface area contributed by atoms with Gasteiger partial charge in [0.05, 0.1) is 11.8 Å². The van der Waals surface area contributed by atoms with Crippen molar-refractivity contribution < 1.29 is 13.2 Å². The lowest BCUT2D eigenvalue weighted by atomic mass is 10.1. The molecule has 142 valence electrons. The van der Waals surface area contributed by atoms with Crippen LogP contribution in [0, 0.1) is 0 Å².